The number of hydrogen-bond donors (Lipinski definition) is 2. The van der Waals surface area contributed by atoms with Gasteiger partial charge in [0.15, 0.2) is 11.4 Å². The predicted octanol–water partition coefficient (Wildman–Crippen LogP) is 3.18. The Kier molecular flexibility index (Phi) is 4.65. The van der Waals surface area contributed by atoms with Crippen LogP contribution in [0.3, 0.4) is 0 Å². The second kappa shape index (κ2) is 7.61. The van der Waals surface area contributed by atoms with Gasteiger partial charge in [-0.2, -0.15) is 5.26 Å². The van der Waals surface area contributed by atoms with Crippen LogP contribution in [0.15, 0.2) is 36.8 Å². The molecule has 5 rings (SSSR count). The summed E-state index contributed by atoms with van der Waals surface area (Å²) in [4.78, 5) is 16.5. The first kappa shape index (κ1) is 18.3. The Balaban J connectivity index is 1.71. The summed E-state index contributed by atoms with van der Waals surface area (Å²) in [6.45, 7) is 1.80. The fraction of sp³-hybridized carbons (Fsp3) is 0.273. The summed E-state index contributed by atoms with van der Waals surface area (Å²) < 4.78 is 11.7. The lowest BCUT2D eigenvalue weighted by atomic mass is 10.1. The fourth-order valence-corrected chi connectivity index (χ4v) is 3.93. The Morgan fingerprint density at radius 2 is 2.03 bits per heavy atom. The Hall–Kier alpha value is -3.70. The quantitative estimate of drug-likeness (QED) is 0.541. The maximum Gasteiger partial charge on any atom is 0.221 e. The molecular formula is C22H20N6O2. The topological polar surface area (TPSA) is 109 Å². The van der Waals surface area contributed by atoms with Gasteiger partial charge in [0.1, 0.15) is 17.8 Å². The zero-order valence-electron chi connectivity index (χ0n) is 16.5. The summed E-state index contributed by atoms with van der Waals surface area (Å²) in [5, 5.41) is 14.7. The highest BCUT2D eigenvalue weighted by Gasteiger charge is 2.22. The van der Waals surface area contributed by atoms with E-state index in [2.05, 4.69) is 31.3 Å². The van der Waals surface area contributed by atoms with Gasteiger partial charge in [-0.05, 0) is 44.1 Å². The predicted molar refractivity (Wildman–Crippen MR) is 112 cm³/mol. The van der Waals surface area contributed by atoms with E-state index in [1.807, 2.05) is 18.2 Å². The smallest absolute Gasteiger partial charge is 0.221 e. The maximum atomic E-state index is 9.66. The van der Waals surface area contributed by atoms with Crippen molar-refractivity contribution < 1.29 is 9.47 Å². The van der Waals surface area contributed by atoms with Gasteiger partial charge in [-0.1, -0.05) is 0 Å². The summed E-state index contributed by atoms with van der Waals surface area (Å²) in [6.07, 6.45) is 6.96. The second-order valence-corrected chi connectivity index (χ2v) is 7.21. The molecule has 1 aliphatic heterocycles. The van der Waals surface area contributed by atoms with E-state index < -0.39 is 0 Å². The van der Waals surface area contributed by atoms with Crippen molar-refractivity contribution in [3.05, 3.63) is 42.5 Å². The largest absolute Gasteiger partial charge is 0.487 e. The number of piperidine rings is 1. The summed E-state index contributed by atoms with van der Waals surface area (Å²) in [5.74, 6) is 1.05. The van der Waals surface area contributed by atoms with E-state index >= 15 is 0 Å². The maximum absolute atomic E-state index is 9.66. The molecule has 1 fully saturated rings. The third-order valence-corrected chi connectivity index (χ3v) is 5.40. The molecule has 0 saturated carbocycles. The standard InChI is InChI=1S/C22H20N6O2/c1-29-22-15(3-2-6-25-22)13-9-16-19-18(28-21(16)27-11-13)12-26-17(10-23)20(19)30-14-4-7-24-8-5-14/h2-3,6,9,11-12,14,24H,4-5,7-8H2,1H3,(H,27,28). The summed E-state index contributed by atoms with van der Waals surface area (Å²) in [5.41, 5.74) is 3.50. The number of nitriles is 1. The minimum absolute atomic E-state index is 0.0465. The van der Waals surface area contributed by atoms with Crippen molar-refractivity contribution >= 4 is 21.9 Å². The molecule has 8 heteroatoms. The first-order valence-corrected chi connectivity index (χ1v) is 9.85. The third-order valence-electron chi connectivity index (χ3n) is 5.40. The van der Waals surface area contributed by atoms with Crippen LogP contribution in [0.1, 0.15) is 18.5 Å². The van der Waals surface area contributed by atoms with Gasteiger partial charge >= 0.3 is 0 Å². The molecule has 150 valence electrons. The summed E-state index contributed by atoms with van der Waals surface area (Å²) in [7, 11) is 1.60. The number of hydrogen-bond acceptors (Lipinski definition) is 7. The number of H-pyrrole nitrogens is 1. The van der Waals surface area contributed by atoms with E-state index in [1.54, 1.807) is 25.7 Å². The molecule has 0 atom stereocenters. The van der Waals surface area contributed by atoms with Gasteiger partial charge in [0.2, 0.25) is 5.88 Å². The number of nitrogens with zero attached hydrogens (tertiary/aromatic N) is 4. The van der Waals surface area contributed by atoms with E-state index in [0.29, 0.717) is 17.3 Å². The lowest BCUT2D eigenvalue weighted by Gasteiger charge is -2.24. The van der Waals surface area contributed by atoms with E-state index in [1.165, 1.54) is 0 Å². The Morgan fingerprint density at radius 3 is 2.83 bits per heavy atom. The summed E-state index contributed by atoms with van der Waals surface area (Å²) >= 11 is 0. The van der Waals surface area contributed by atoms with Crippen LogP contribution >= 0.6 is 0 Å². The Bertz CT molecular complexity index is 1270. The van der Waals surface area contributed by atoms with Crippen LogP contribution in [0.5, 0.6) is 11.6 Å². The van der Waals surface area contributed by atoms with Crippen molar-refractivity contribution in [2.24, 2.45) is 0 Å². The van der Waals surface area contributed by atoms with Gasteiger partial charge in [0, 0.05) is 28.9 Å². The third kappa shape index (κ3) is 3.09. The number of fused-ring (bicyclic) bond motifs is 3. The van der Waals surface area contributed by atoms with Crippen molar-refractivity contribution in [2.75, 3.05) is 20.2 Å². The van der Waals surface area contributed by atoms with E-state index in [-0.39, 0.29) is 11.8 Å². The molecule has 8 nitrogen and oxygen atoms in total. The normalized spacial score (nSPS) is 14.7. The number of rotatable bonds is 4. The van der Waals surface area contributed by atoms with Crippen molar-refractivity contribution in [1.82, 2.24) is 25.3 Å². The van der Waals surface area contributed by atoms with Crippen molar-refractivity contribution in [3.63, 3.8) is 0 Å². The van der Waals surface area contributed by atoms with Gasteiger partial charge in [-0.15, -0.1) is 0 Å². The van der Waals surface area contributed by atoms with Crippen LogP contribution in [-0.2, 0) is 0 Å². The van der Waals surface area contributed by atoms with Crippen LogP contribution in [0.4, 0.5) is 0 Å². The number of methoxy groups -OCH3 is 1. The second-order valence-electron chi connectivity index (χ2n) is 7.21. The molecule has 5 heterocycles. The van der Waals surface area contributed by atoms with Crippen molar-refractivity contribution in [2.45, 2.75) is 18.9 Å². The number of pyridine rings is 3. The van der Waals surface area contributed by atoms with Gasteiger partial charge in [0.05, 0.1) is 24.2 Å². The van der Waals surface area contributed by atoms with Gasteiger partial charge in [-0.25, -0.2) is 15.0 Å². The molecule has 4 aromatic heterocycles. The minimum atomic E-state index is 0.0465. The molecule has 1 saturated heterocycles. The fourth-order valence-electron chi connectivity index (χ4n) is 3.93. The zero-order valence-corrected chi connectivity index (χ0v) is 16.5. The number of nitrogens with one attached hydrogen (secondary N) is 2. The first-order valence-electron chi connectivity index (χ1n) is 9.85. The highest BCUT2D eigenvalue weighted by molar-refractivity contribution is 6.10. The summed E-state index contributed by atoms with van der Waals surface area (Å²) in [6, 6.07) is 8.01. The van der Waals surface area contributed by atoms with Gasteiger partial charge in [-0.3, -0.25) is 0 Å². The van der Waals surface area contributed by atoms with Gasteiger partial charge < -0.3 is 19.8 Å². The SMILES string of the molecule is COc1ncccc1-c1cnc2[nH]c3cnc(C#N)c(OC4CCNCC4)c3c2c1. The lowest BCUT2D eigenvalue weighted by molar-refractivity contribution is 0.163. The van der Waals surface area contributed by atoms with E-state index in [9.17, 15) is 5.26 Å². The average Bonchev–Trinajstić information content (AvgIpc) is 3.18. The van der Waals surface area contributed by atoms with Crippen LogP contribution in [0.25, 0.3) is 33.1 Å². The molecule has 30 heavy (non-hydrogen) atoms. The van der Waals surface area contributed by atoms with E-state index in [0.717, 1.165) is 53.3 Å². The Morgan fingerprint density at radius 1 is 1.17 bits per heavy atom. The van der Waals surface area contributed by atoms with Crippen LogP contribution < -0.4 is 14.8 Å². The van der Waals surface area contributed by atoms with Crippen molar-refractivity contribution in [3.8, 4) is 28.8 Å². The zero-order chi connectivity index (χ0) is 20.5. The van der Waals surface area contributed by atoms with Crippen LogP contribution in [0, 0.1) is 11.3 Å². The number of aromatic amines is 1. The van der Waals surface area contributed by atoms with E-state index in [4.69, 9.17) is 9.47 Å². The molecule has 2 N–H and O–H groups in total. The molecule has 0 aliphatic carbocycles. The number of ether oxygens (including phenoxy) is 2. The first-order chi connectivity index (χ1) is 14.8. The van der Waals surface area contributed by atoms with Crippen molar-refractivity contribution in [1.29, 1.82) is 5.26 Å². The average molecular weight is 400 g/mol. The molecule has 0 spiro atoms. The molecule has 0 unspecified atom stereocenters. The monoisotopic (exact) mass is 400 g/mol. The van der Waals surface area contributed by atoms with Crippen LogP contribution in [0.2, 0.25) is 0 Å². The van der Waals surface area contributed by atoms with Gasteiger partial charge in [0.25, 0.3) is 0 Å². The highest BCUT2D eigenvalue weighted by Crippen LogP contribution is 2.37. The number of aromatic nitrogens is 4. The molecule has 0 amide bonds. The lowest BCUT2D eigenvalue weighted by Crippen LogP contribution is -2.34. The van der Waals surface area contributed by atoms with Crippen LogP contribution in [-0.4, -0.2) is 46.2 Å². The molecule has 4 aromatic rings. The Labute approximate surface area is 172 Å². The molecular weight excluding hydrogens is 380 g/mol. The molecule has 0 radical (unpaired) electrons. The minimum Gasteiger partial charge on any atom is -0.487 e. The highest BCUT2D eigenvalue weighted by atomic mass is 16.5. The molecule has 0 aromatic carbocycles. The molecule has 1 aliphatic rings. The molecule has 0 bridgehead atoms.